The number of piperazine rings is 1. The van der Waals surface area contributed by atoms with E-state index in [-0.39, 0.29) is 30.1 Å². The van der Waals surface area contributed by atoms with Crippen LogP contribution >= 0.6 is 24.0 Å². The van der Waals surface area contributed by atoms with E-state index in [1.165, 1.54) is 12.8 Å². The summed E-state index contributed by atoms with van der Waals surface area (Å²) in [5.74, 6) is 1.56. The summed E-state index contributed by atoms with van der Waals surface area (Å²) in [6, 6.07) is 0. The van der Waals surface area contributed by atoms with E-state index >= 15 is 0 Å². The third kappa shape index (κ3) is 7.54. The monoisotopic (exact) mass is 521 g/mol. The second-order valence-electron chi connectivity index (χ2n) is 8.51. The molecule has 3 aliphatic rings. The molecule has 3 rings (SSSR count). The highest BCUT2D eigenvalue weighted by atomic mass is 127. The Bertz CT molecular complexity index is 517. The molecule has 168 valence electrons. The summed E-state index contributed by atoms with van der Waals surface area (Å²) in [7, 11) is 0. The lowest BCUT2D eigenvalue weighted by Gasteiger charge is -2.37. The molecule has 2 unspecified atom stereocenters. The summed E-state index contributed by atoms with van der Waals surface area (Å²) in [5.41, 5.74) is 0. The van der Waals surface area contributed by atoms with E-state index in [4.69, 9.17) is 4.99 Å². The molecule has 7 nitrogen and oxygen atoms in total. The van der Waals surface area contributed by atoms with Crippen molar-refractivity contribution in [3.8, 4) is 0 Å². The van der Waals surface area contributed by atoms with Gasteiger partial charge in [-0.25, -0.2) is 0 Å². The topological polar surface area (TPSA) is 71.4 Å². The Morgan fingerprint density at radius 1 is 0.966 bits per heavy atom. The SMILES string of the molecule is CCNC(=NCC1CCCC1O)N1CCN(CC(=O)N2CCCCCC2)CC1.I. The zero-order valence-corrected chi connectivity index (χ0v) is 20.4. The van der Waals surface area contributed by atoms with Crippen LogP contribution in [0, 0.1) is 5.92 Å². The molecule has 0 bridgehead atoms. The van der Waals surface area contributed by atoms with Crippen molar-refractivity contribution in [3.63, 3.8) is 0 Å². The summed E-state index contributed by atoms with van der Waals surface area (Å²) in [4.78, 5) is 24.1. The fraction of sp³-hybridized carbons (Fsp3) is 0.905. The highest BCUT2D eigenvalue weighted by Crippen LogP contribution is 2.25. The molecule has 8 heteroatoms. The standard InChI is InChI=1S/C21H39N5O2.HI/c1-2-22-21(23-16-18-8-7-9-19(18)27)26-14-12-24(13-15-26)17-20(28)25-10-5-3-4-6-11-25;/h18-19,27H,2-17H2,1H3,(H,22,23);1H. The number of guanidine groups is 1. The van der Waals surface area contributed by atoms with Gasteiger partial charge >= 0.3 is 0 Å². The van der Waals surface area contributed by atoms with Crippen molar-refractivity contribution in [1.82, 2.24) is 20.0 Å². The van der Waals surface area contributed by atoms with Crippen LogP contribution < -0.4 is 5.32 Å². The second kappa shape index (κ2) is 12.9. The van der Waals surface area contributed by atoms with Crippen LogP contribution in [0.25, 0.3) is 0 Å². The number of amides is 1. The van der Waals surface area contributed by atoms with E-state index in [1.807, 2.05) is 0 Å². The summed E-state index contributed by atoms with van der Waals surface area (Å²) < 4.78 is 0. The van der Waals surface area contributed by atoms with Crippen LogP contribution in [0.2, 0.25) is 0 Å². The maximum Gasteiger partial charge on any atom is 0.236 e. The molecule has 2 N–H and O–H groups in total. The second-order valence-corrected chi connectivity index (χ2v) is 8.51. The van der Waals surface area contributed by atoms with Gasteiger partial charge in [0.15, 0.2) is 5.96 Å². The fourth-order valence-corrected chi connectivity index (χ4v) is 4.59. The number of nitrogens with one attached hydrogen (secondary N) is 1. The molecule has 0 aromatic rings. The first-order chi connectivity index (χ1) is 13.7. The van der Waals surface area contributed by atoms with Crippen molar-refractivity contribution in [2.45, 2.75) is 58.0 Å². The maximum absolute atomic E-state index is 12.6. The Labute approximate surface area is 193 Å². The quantitative estimate of drug-likeness (QED) is 0.328. The van der Waals surface area contributed by atoms with Crippen LogP contribution in [0.3, 0.4) is 0 Å². The Morgan fingerprint density at radius 2 is 1.66 bits per heavy atom. The summed E-state index contributed by atoms with van der Waals surface area (Å²) in [6.07, 6.45) is 7.74. The predicted octanol–water partition coefficient (Wildman–Crippen LogP) is 1.75. The molecule has 0 aromatic heterocycles. The normalized spacial score (nSPS) is 26.8. The van der Waals surface area contributed by atoms with E-state index in [9.17, 15) is 9.90 Å². The number of carbonyl (C=O) groups excluding carboxylic acids is 1. The molecule has 1 aliphatic carbocycles. The molecule has 2 atom stereocenters. The van der Waals surface area contributed by atoms with Gasteiger partial charge in [-0.15, -0.1) is 24.0 Å². The molecule has 0 aromatic carbocycles. The van der Waals surface area contributed by atoms with E-state index in [0.29, 0.717) is 24.9 Å². The summed E-state index contributed by atoms with van der Waals surface area (Å²) in [6.45, 7) is 9.65. The lowest BCUT2D eigenvalue weighted by molar-refractivity contribution is -0.132. The summed E-state index contributed by atoms with van der Waals surface area (Å²) >= 11 is 0. The van der Waals surface area contributed by atoms with Crippen molar-refractivity contribution in [3.05, 3.63) is 0 Å². The number of rotatable bonds is 5. The number of aliphatic hydroxyl groups excluding tert-OH is 1. The number of likely N-dealkylation sites (tertiary alicyclic amines) is 1. The number of nitrogens with zero attached hydrogens (tertiary/aromatic N) is 4. The Balaban J connectivity index is 0.00000300. The van der Waals surface area contributed by atoms with Gasteiger partial charge in [0.2, 0.25) is 5.91 Å². The first-order valence-corrected chi connectivity index (χ1v) is 11.4. The zero-order chi connectivity index (χ0) is 19.8. The van der Waals surface area contributed by atoms with E-state index < -0.39 is 0 Å². The van der Waals surface area contributed by atoms with Crippen LogP contribution in [0.1, 0.15) is 51.9 Å². The molecule has 29 heavy (non-hydrogen) atoms. The average Bonchev–Trinajstić information content (AvgIpc) is 2.94. The Morgan fingerprint density at radius 3 is 2.24 bits per heavy atom. The number of carbonyl (C=O) groups is 1. The van der Waals surface area contributed by atoms with Crippen molar-refractivity contribution < 1.29 is 9.90 Å². The lowest BCUT2D eigenvalue weighted by Crippen LogP contribution is -2.54. The van der Waals surface area contributed by atoms with E-state index in [0.717, 1.165) is 83.9 Å². The Kier molecular flexibility index (Phi) is 11.0. The zero-order valence-electron chi connectivity index (χ0n) is 18.0. The molecule has 3 fully saturated rings. The largest absolute Gasteiger partial charge is 0.393 e. The molecule has 0 spiro atoms. The van der Waals surface area contributed by atoms with Crippen LogP contribution in [0.4, 0.5) is 0 Å². The van der Waals surface area contributed by atoms with Crippen molar-refractivity contribution in [1.29, 1.82) is 0 Å². The minimum atomic E-state index is -0.187. The first-order valence-electron chi connectivity index (χ1n) is 11.4. The molecule has 2 aliphatic heterocycles. The predicted molar refractivity (Wildman–Crippen MR) is 128 cm³/mol. The van der Waals surface area contributed by atoms with Gasteiger partial charge in [0.1, 0.15) is 0 Å². The van der Waals surface area contributed by atoms with Gasteiger partial charge in [-0.1, -0.05) is 19.3 Å². The minimum Gasteiger partial charge on any atom is -0.393 e. The highest BCUT2D eigenvalue weighted by Gasteiger charge is 2.26. The van der Waals surface area contributed by atoms with Gasteiger partial charge in [-0.2, -0.15) is 0 Å². The number of halogens is 1. The molecule has 1 saturated carbocycles. The van der Waals surface area contributed by atoms with E-state index in [2.05, 4.69) is 26.9 Å². The third-order valence-electron chi connectivity index (χ3n) is 6.42. The highest BCUT2D eigenvalue weighted by molar-refractivity contribution is 14.0. The molecular weight excluding hydrogens is 481 g/mol. The molecule has 1 amide bonds. The molecular formula is C21H40IN5O2. The Hall–Kier alpha value is -0.610. The summed E-state index contributed by atoms with van der Waals surface area (Å²) in [5, 5.41) is 13.4. The van der Waals surface area contributed by atoms with Crippen LogP contribution in [-0.2, 0) is 4.79 Å². The van der Waals surface area contributed by atoms with Crippen molar-refractivity contribution in [2.24, 2.45) is 10.9 Å². The number of aliphatic imine (C=N–C) groups is 1. The van der Waals surface area contributed by atoms with Crippen LogP contribution in [-0.4, -0.2) is 96.7 Å². The van der Waals surface area contributed by atoms with Crippen molar-refractivity contribution >= 4 is 35.8 Å². The van der Waals surface area contributed by atoms with Gasteiger partial charge in [-0.3, -0.25) is 14.7 Å². The van der Waals surface area contributed by atoms with Gasteiger partial charge in [0.05, 0.1) is 12.6 Å². The number of hydrogen-bond donors (Lipinski definition) is 2. The first kappa shape index (κ1) is 24.7. The molecule has 2 saturated heterocycles. The number of aliphatic hydroxyl groups is 1. The molecule has 2 heterocycles. The van der Waals surface area contributed by atoms with Gasteiger partial charge in [0.25, 0.3) is 0 Å². The molecule has 0 radical (unpaired) electrons. The average molecular weight is 521 g/mol. The lowest BCUT2D eigenvalue weighted by atomic mass is 10.1. The minimum absolute atomic E-state index is 0. The van der Waals surface area contributed by atoms with Crippen molar-refractivity contribution in [2.75, 3.05) is 58.9 Å². The van der Waals surface area contributed by atoms with Crippen LogP contribution in [0.15, 0.2) is 4.99 Å². The number of hydrogen-bond acceptors (Lipinski definition) is 4. The van der Waals surface area contributed by atoms with Crippen LogP contribution in [0.5, 0.6) is 0 Å². The third-order valence-corrected chi connectivity index (χ3v) is 6.42. The van der Waals surface area contributed by atoms with E-state index in [1.54, 1.807) is 0 Å². The smallest absolute Gasteiger partial charge is 0.236 e. The van der Waals surface area contributed by atoms with Gasteiger partial charge < -0.3 is 20.2 Å². The van der Waals surface area contributed by atoms with Gasteiger partial charge in [0, 0.05) is 58.3 Å². The maximum atomic E-state index is 12.6. The fourth-order valence-electron chi connectivity index (χ4n) is 4.59. The van der Waals surface area contributed by atoms with Gasteiger partial charge in [-0.05, 0) is 32.6 Å².